The summed E-state index contributed by atoms with van der Waals surface area (Å²) in [5, 5.41) is 3.27. The lowest BCUT2D eigenvalue weighted by Crippen LogP contribution is -2.57. The van der Waals surface area contributed by atoms with E-state index in [2.05, 4.69) is 5.32 Å². The minimum Gasteiger partial charge on any atom is -0.485 e. The molecule has 0 aliphatic carbocycles. The number of amides is 1. The molecular formula is C14H18N2O3. The Hall–Kier alpha value is -1.75. The molecule has 1 unspecified atom stereocenters. The highest BCUT2D eigenvalue weighted by Crippen LogP contribution is 2.31. The molecule has 1 aromatic carbocycles. The van der Waals surface area contributed by atoms with Crippen LogP contribution in [-0.4, -0.2) is 49.2 Å². The second-order valence-corrected chi connectivity index (χ2v) is 4.95. The molecule has 0 bridgehead atoms. The quantitative estimate of drug-likeness (QED) is 0.807. The average Bonchev–Trinajstić information content (AvgIpc) is 2.46. The Morgan fingerprint density at radius 1 is 1.37 bits per heavy atom. The predicted octanol–water partition coefficient (Wildman–Crippen LogP) is 0.647. The van der Waals surface area contributed by atoms with E-state index in [0.717, 1.165) is 19.6 Å². The third-order valence-corrected chi connectivity index (χ3v) is 3.57. The third-order valence-electron chi connectivity index (χ3n) is 3.57. The molecule has 2 heterocycles. The SMILES string of the molecule is C[C@H]1CNCCN1C(=O)C1COc2ccccc2O1. The Bertz CT molecular complexity index is 478. The van der Waals surface area contributed by atoms with E-state index in [1.807, 2.05) is 36.1 Å². The van der Waals surface area contributed by atoms with Crippen molar-refractivity contribution in [1.29, 1.82) is 0 Å². The Balaban J connectivity index is 1.72. The lowest BCUT2D eigenvalue weighted by molar-refractivity contribution is -0.144. The predicted molar refractivity (Wildman–Crippen MR) is 70.4 cm³/mol. The number of carbonyl (C=O) groups is 1. The van der Waals surface area contributed by atoms with E-state index >= 15 is 0 Å². The van der Waals surface area contributed by atoms with E-state index in [0.29, 0.717) is 11.5 Å². The maximum atomic E-state index is 12.5. The van der Waals surface area contributed by atoms with Crippen LogP contribution in [0.2, 0.25) is 0 Å². The fourth-order valence-corrected chi connectivity index (χ4v) is 2.49. The van der Waals surface area contributed by atoms with Gasteiger partial charge in [0.25, 0.3) is 5.91 Å². The number of hydrogen-bond acceptors (Lipinski definition) is 4. The molecule has 0 radical (unpaired) electrons. The highest BCUT2D eigenvalue weighted by atomic mass is 16.6. The number of nitrogens with zero attached hydrogens (tertiary/aromatic N) is 1. The second kappa shape index (κ2) is 5.09. The summed E-state index contributed by atoms with van der Waals surface area (Å²) in [4.78, 5) is 14.3. The van der Waals surface area contributed by atoms with Crippen LogP contribution in [0.3, 0.4) is 0 Å². The van der Waals surface area contributed by atoms with Crippen LogP contribution in [0.5, 0.6) is 11.5 Å². The van der Waals surface area contributed by atoms with Crippen molar-refractivity contribution in [3.8, 4) is 11.5 Å². The number of benzene rings is 1. The molecule has 3 rings (SSSR count). The van der Waals surface area contributed by atoms with Crippen LogP contribution in [0, 0.1) is 0 Å². The van der Waals surface area contributed by atoms with Crippen molar-refractivity contribution in [1.82, 2.24) is 10.2 Å². The van der Waals surface area contributed by atoms with Gasteiger partial charge in [-0.25, -0.2) is 0 Å². The fourth-order valence-electron chi connectivity index (χ4n) is 2.49. The zero-order valence-electron chi connectivity index (χ0n) is 11.0. The van der Waals surface area contributed by atoms with Gasteiger partial charge in [0.05, 0.1) is 0 Å². The summed E-state index contributed by atoms with van der Waals surface area (Å²) in [6, 6.07) is 7.65. The number of rotatable bonds is 1. The largest absolute Gasteiger partial charge is 0.485 e. The standard InChI is InChI=1S/C14H18N2O3/c1-10-8-15-6-7-16(10)14(17)13-9-18-11-4-2-3-5-12(11)19-13/h2-5,10,13,15H,6-9H2,1H3/t10-,13?/m0/s1. The lowest BCUT2D eigenvalue weighted by Gasteiger charge is -2.37. The van der Waals surface area contributed by atoms with E-state index in [9.17, 15) is 4.79 Å². The fraction of sp³-hybridized carbons (Fsp3) is 0.500. The van der Waals surface area contributed by atoms with Crippen molar-refractivity contribution in [2.75, 3.05) is 26.2 Å². The average molecular weight is 262 g/mol. The van der Waals surface area contributed by atoms with Gasteiger partial charge in [0, 0.05) is 25.7 Å². The topological polar surface area (TPSA) is 50.8 Å². The highest BCUT2D eigenvalue weighted by molar-refractivity contribution is 5.82. The second-order valence-electron chi connectivity index (χ2n) is 4.95. The van der Waals surface area contributed by atoms with Crippen LogP contribution in [0.1, 0.15) is 6.92 Å². The summed E-state index contributed by atoms with van der Waals surface area (Å²) >= 11 is 0. The molecule has 5 heteroatoms. The Morgan fingerprint density at radius 3 is 2.95 bits per heavy atom. The van der Waals surface area contributed by atoms with Gasteiger partial charge >= 0.3 is 0 Å². The smallest absolute Gasteiger partial charge is 0.267 e. The molecule has 0 saturated carbocycles. The molecule has 2 aliphatic rings. The van der Waals surface area contributed by atoms with Crippen LogP contribution >= 0.6 is 0 Å². The van der Waals surface area contributed by atoms with Crippen molar-refractivity contribution < 1.29 is 14.3 Å². The van der Waals surface area contributed by atoms with Crippen molar-refractivity contribution in [3.63, 3.8) is 0 Å². The molecule has 0 spiro atoms. The van der Waals surface area contributed by atoms with E-state index in [-0.39, 0.29) is 18.6 Å². The van der Waals surface area contributed by atoms with Crippen LogP contribution in [0.15, 0.2) is 24.3 Å². The zero-order chi connectivity index (χ0) is 13.2. The normalized spacial score (nSPS) is 26.1. The first kappa shape index (κ1) is 12.3. The molecule has 2 atom stereocenters. The van der Waals surface area contributed by atoms with Gasteiger partial charge < -0.3 is 19.7 Å². The van der Waals surface area contributed by atoms with E-state index in [1.54, 1.807) is 0 Å². The number of fused-ring (bicyclic) bond motifs is 1. The number of ether oxygens (including phenoxy) is 2. The van der Waals surface area contributed by atoms with Crippen LogP contribution < -0.4 is 14.8 Å². The first-order valence-corrected chi connectivity index (χ1v) is 6.65. The molecule has 19 heavy (non-hydrogen) atoms. The molecular weight excluding hydrogens is 244 g/mol. The molecule has 0 aromatic heterocycles. The Labute approximate surface area is 112 Å². The van der Waals surface area contributed by atoms with Gasteiger partial charge in [-0.3, -0.25) is 4.79 Å². The number of nitrogens with one attached hydrogen (secondary N) is 1. The first-order valence-electron chi connectivity index (χ1n) is 6.65. The maximum absolute atomic E-state index is 12.5. The van der Waals surface area contributed by atoms with Crippen molar-refractivity contribution in [3.05, 3.63) is 24.3 Å². The Kier molecular flexibility index (Phi) is 3.29. The van der Waals surface area contributed by atoms with Gasteiger partial charge in [-0.05, 0) is 19.1 Å². The van der Waals surface area contributed by atoms with Gasteiger partial charge in [0.2, 0.25) is 6.10 Å². The minimum absolute atomic E-state index is 0.0171. The lowest BCUT2D eigenvalue weighted by atomic mass is 10.1. The third kappa shape index (κ3) is 2.38. The number of carbonyl (C=O) groups excluding carboxylic acids is 1. The van der Waals surface area contributed by atoms with Gasteiger partial charge in [0.15, 0.2) is 11.5 Å². The molecule has 1 amide bonds. The number of hydrogen-bond donors (Lipinski definition) is 1. The van der Waals surface area contributed by atoms with E-state index in [4.69, 9.17) is 9.47 Å². The number of piperazine rings is 1. The number of para-hydroxylation sites is 2. The molecule has 1 fully saturated rings. The highest BCUT2D eigenvalue weighted by Gasteiger charge is 2.33. The van der Waals surface area contributed by atoms with Gasteiger partial charge in [-0.1, -0.05) is 12.1 Å². The van der Waals surface area contributed by atoms with Crippen molar-refractivity contribution in [2.45, 2.75) is 19.1 Å². The van der Waals surface area contributed by atoms with Crippen LogP contribution in [0.4, 0.5) is 0 Å². The summed E-state index contributed by atoms with van der Waals surface area (Å²) < 4.78 is 11.4. The molecule has 1 saturated heterocycles. The summed E-state index contributed by atoms with van der Waals surface area (Å²) in [5.41, 5.74) is 0. The maximum Gasteiger partial charge on any atom is 0.267 e. The molecule has 102 valence electrons. The van der Waals surface area contributed by atoms with Gasteiger partial charge in [-0.2, -0.15) is 0 Å². The molecule has 2 aliphatic heterocycles. The molecule has 1 N–H and O–H groups in total. The minimum atomic E-state index is -0.532. The van der Waals surface area contributed by atoms with Gasteiger partial charge in [-0.15, -0.1) is 0 Å². The monoisotopic (exact) mass is 262 g/mol. The molecule has 5 nitrogen and oxygen atoms in total. The van der Waals surface area contributed by atoms with Crippen LogP contribution in [-0.2, 0) is 4.79 Å². The van der Waals surface area contributed by atoms with E-state index in [1.165, 1.54) is 0 Å². The summed E-state index contributed by atoms with van der Waals surface area (Å²) in [7, 11) is 0. The summed E-state index contributed by atoms with van der Waals surface area (Å²) in [5.74, 6) is 1.37. The summed E-state index contributed by atoms with van der Waals surface area (Å²) in [6.07, 6.45) is -0.532. The Morgan fingerprint density at radius 2 is 2.16 bits per heavy atom. The summed E-state index contributed by atoms with van der Waals surface area (Å²) in [6.45, 7) is 4.71. The van der Waals surface area contributed by atoms with Gasteiger partial charge in [0.1, 0.15) is 6.61 Å². The van der Waals surface area contributed by atoms with Crippen molar-refractivity contribution in [2.24, 2.45) is 0 Å². The van der Waals surface area contributed by atoms with E-state index < -0.39 is 6.10 Å². The van der Waals surface area contributed by atoms with Crippen molar-refractivity contribution >= 4 is 5.91 Å². The first-order chi connectivity index (χ1) is 9.25. The molecule has 1 aromatic rings. The zero-order valence-corrected chi connectivity index (χ0v) is 11.0. The van der Waals surface area contributed by atoms with Crippen LogP contribution in [0.25, 0.3) is 0 Å².